The fourth-order valence-electron chi connectivity index (χ4n) is 2.87. The number of aromatic nitrogens is 4. The molecule has 1 aliphatic carbocycles. The number of hydrazine groups is 1. The summed E-state index contributed by atoms with van der Waals surface area (Å²) >= 11 is 0. The maximum Gasteiger partial charge on any atom is 0.268 e. The average Bonchev–Trinajstić information content (AvgIpc) is 3.48. The van der Waals surface area contributed by atoms with Crippen LogP contribution in [0.15, 0.2) is 42.6 Å². The second-order valence-corrected chi connectivity index (χ2v) is 7.64. The summed E-state index contributed by atoms with van der Waals surface area (Å²) in [6, 6.07) is 3.63. The van der Waals surface area contributed by atoms with Gasteiger partial charge in [-0.2, -0.15) is 0 Å². The third-order valence-electron chi connectivity index (χ3n) is 4.76. The molecule has 2 heterocycles. The first-order chi connectivity index (χ1) is 15.0. The molecule has 1 aliphatic rings. The summed E-state index contributed by atoms with van der Waals surface area (Å²) in [4.78, 5) is 27.9. The van der Waals surface area contributed by atoms with E-state index in [9.17, 15) is 9.59 Å². The van der Waals surface area contributed by atoms with E-state index >= 15 is 0 Å². The zero-order valence-electron chi connectivity index (χ0n) is 17.4. The van der Waals surface area contributed by atoms with Crippen LogP contribution in [-0.4, -0.2) is 49.9 Å². The van der Waals surface area contributed by atoms with Crippen LogP contribution in [0.5, 0.6) is 0 Å². The number of unbranched alkanes of at least 4 members (excludes halogenated alkanes) is 1. The maximum atomic E-state index is 12.1. The van der Waals surface area contributed by atoms with Gasteiger partial charge in [-0.3, -0.25) is 19.3 Å². The molecule has 2 aromatic heterocycles. The van der Waals surface area contributed by atoms with E-state index in [4.69, 9.17) is 11.6 Å². The summed E-state index contributed by atoms with van der Waals surface area (Å²) in [7, 11) is 0. The Morgan fingerprint density at radius 1 is 1.32 bits per heavy atom. The monoisotopic (exact) mass is 427 g/mol. The topological polar surface area (TPSA) is 157 Å². The van der Waals surface area contributed by atoms with Crippen molar-refractivity contribution in [1.82, 2.24) is 30.3 Å². The van der Waals surface area contributed by atoms with Gasteiger partial charge in [-0.1, -0.05) is 11.3 Å². The Bertz CT molecular complexity index is 893. The van der Waals surface area contributed by atoms with E-state index in [0.717, 1.165) is 31.2 Å². The Labute approximate surface area is 180 Å². The van der Waals surface area contributed by atoms with Crippen molar-refractivity contribution in [2.75, 3.05) is 18.4 Å². The average molecular weight is 428 g/mol. The molecule has 1 fully saturated rings. The highest BCUT2D eigenvalue weighted by molar-refractivity contribution is 5.92. The molecule has 0 aliphatic heterocycles. The fraction of sp³-hybridized carbons (Fsp3) is 0.450. The number of nitrogens with two attached hydrogens (primary N) is 2. The molecule has 0 unspecified atom stereocenters. The minimum absolute atomic E-state index is 0.103. The second-order valence-electron chi connectivity index (χ2n) is 7.64. The van der Waals surface area contributed by atoms with Crippen LogP contribution in [0, 0.1) is 5.92 Å². The molecule has 1 saturated carbocycles. The zero-order valence-corrected chi connectivity index (χ0v) is 17.4. The highest BCUT2D eigenvalue weighted by Crippen LogP contribution is 2.27. The van der Waals surface area contributed by atoms with E-state index < -0.39 is 0 Å². The molecular weight excluding hydrogens is 398 g/mol. The van der Waals surface area contributed by atoms with E-state index in [2.05, 4.69) is 25.9 Å². The number of rotatable bonds is 12. The van der Waals surface area contributed by atoms with Gasteiger partial charge >= 0.3 is 0 Å². The predicted octanol–water partition coefficient (Wildman–Crippen LogP) is 0.137. The van der Waals surface area contributed by atoms with Crippen LogP contribution in [0.1, 0.15) is 31.2 Å². The van der Waals surface area contributed by atoms with Gasteiger partial charge < -0.3 is 21.4 Å². The first-order valence-corrected chi connectivity index (χ1v) is 10.4. The van der Waals surface area contributed by atoms with Gasteiger partial charge in [0.2, 0.25) is 5.91 Å². The van der Waals surface area contributed by atoms with Crippen LogP contribution in [0.4, 0.5) is 5.82 Å². The number of aryl methyl sites for hydroxylation is 1. The lowest BCUT2D eigenvalue weighted by atomic mass is 10.2. The standard InChI is InChI=1S/C20H29N9O2/c21-17(20(31)24-12-15-5-6-15)13-28(22)8-1-2-9-29-14-18(26-27-29)25-19(30)10-16-4-3-7-23-11-16/h3-4,7,11,13-15H,1-2,5-6,8-10,12,21-22H2,(H,24,31)(H,25,30)/b17-13-. The van der Waals surface area contributed by atoms with Crippen molar-refractivity contribution in [1.29, 1.82) is 0 Å². The molecule has 3 rings (SSSR count). The summed E-state index contributed by atoms with van der Waals surface area (Å²) in [6.45, 7) is 1.84. The zero-order chi connectivity index (χ0) is 22.1. The van der Waals surface area contributed by atoms with Crippen LogP contribution in [0.3, 0.4) is 0 Å². The number of carbonyl (C=O) groups excluding carboxylic acids is 2. The molecule has 0 radical (unpaired) electrons. The number of anilines is 1. The fourth-order valence-corrected chi connectivity index (χ4v) is 2.87. The summed E-state index contributed by atoms with van der Waals surface area (Å²) in [6.07, 6.45) is 10.6. The minimum atomic E-state index is -0.289. The van der Waals surface area contributed by atoms with Gasteiger partial charge in [-0.25, -0.2) is 5.84 Å². The predicted molar refractivity (Wildman–Crippen MR) is 115 cm³/mol. The number of nitrogens with zero attached hydrogens (tertiary/aromatic N) is 5. The van der Waals surface area contributed by atoms with Crippen molar-refractivity contribution in [2.24, 2.45) is 17.5 Å². The highest BCUT2D eigenvalue weighted by Gasteiger charge is 2.22. The van der Waals surface area contributed by atoms with Crippen LogP contribution in [0.25, 0.3) is 0 Å². The van der Waals surface area contributed by atoms with Crippen LogP contribution in [0.2, 0.25) is 0 Å². The van der Waals surface area contributed by atoms with E-state index in [1.807, 2.05) is 6.07 Å². The lowest BCUT2D eigenvalue weighted by molar-refractivity contribution is -0.118. The van der Waals surface area contributed by atoms with Crippen molar-refractivity contribution in [3.05, 3.63) is 48.2 Å². The molecule has 0 bridgehead atoms. The van der Waals surface area contributed by atoms with Gasteiger partial charge in [0.25, 0.3) is 5.91 Å². The Balaban J connectivity index is 1.32. The summed E-state index contributed by atoms with van der Waals surface area (Å²) in [5.41, 5.74) is 6.71. The molecule has 0 aromatic carbocycles. The van der Waals surface area contributed by atoms with Gasteiger partial charge in [0.1, 0.15) is 5.70 Å². The molecule has 0 atom stereocenters. The number of carbonyl (C=O) groups is 2. The Morgan fingerprint density at radius 3 is 2.90 bits per heavy atom. The molecular formula is C20H29N9O2. The molecule has 166 valence electrons. The molecule has 11 nitrogen and oxygen atoms in total. The van der Waals surface area contributed by atoms with Crippen molar-refractivity contribution < 1.29 is 9.59 Å². The quantitative estimate of drug-likeness (QED) is 0.161. The molecule has 11 heteroatoms. The molecule has 6 N–H and O–H groups in total. The number of amides is 2. The van der Waals surface area contributed by atoms with Crippen molar-refractivity contribution in [3.8, 4) is 0 Å². The largest absolute Gasteiger partial charge is 0.393 e. The van der Waals surface area contributed by atoms with E-state index in [1.165, 1.54) is 11.2 Å². The van der Waals surface area contributed by atoms with E-state index in [0.29, 0.717) is 31.4 Å². The SMILES string of the molecule is N/C(=C\N(N)CCCCn1cc(NC(=O)Cc2cccnc2)nn1)C(=O)NCC1CC1. The Hall–Kier alpha value is -3.47. The van der Waals surface area contributed by atoms with Gasteiger partial charge in [-0.15, -0.1) is 5.10 Å². The van der Waals surface area contributed by atoms with E-state index in [-0.39, 0.29) is 23.9 Å². The second kappa shape index (κ2) is 11.1. The van der Waals surface area contributed by atoms with Gasteiger partial charge in [0.05, 0.1) is 12.6 Å². The first-order valence-electron chi connectivity index (χ1n) is 10.4. The third-order valence-corrected chi connectivity index (χ3v) is 4.76. The molecule has 2 amide bonds. The first kappa shape index (κ1) is 22.2. The third kappa shape index (κ3) is 8.05. The van der Waals surface area contributed by atoms with Gasteiger partial charge in [0.15, 0.2) is 5.82 Å². The molecule has 0 spiro atoms. The van der Waals surface area contributed by atoms with Crippen molar-refractivity contribution >= 4 is 17.6 Å². The summed E-state index contributed by atoms with van der Waals surface area (Å²) < 4.78 is 1.66. The van der Waals surface area contributed by atoms with Crippen LogP contribution < -0.4 is 22.2 Å². The normalized spacial score (nSPS) is 13.6. The van der Waals surface area contributed by atoms with Gasteiger partial charge in [-0.05, 0) is 43.2 Å². The molecule has 2 aromatic rings. The number of hydrogen-bond donors (Lipinski definition) is 4. The van der Waals surface area contributed by atoms with Crippen molar-refractivity contribution in [3.63, 3.8) is 0 Å². The Kier molecular flexibility index (Phi) is 7.93. The van der Waals surface area contributed by atoms with Crippen molar-refractivity contribution in [2.45, 2.75) is 38.6 Å². The Morgan fingerprint density at radius 2 is 2.16 bits per heavy atom. The molecule has 31 heavy (non-hydrogen) atoms. The number of pyridine rings is 1. The van der Waals surface area contributed by atoms with Crippen LogP contribution >= 0.6 is 0 Å². The smallest absolute Gasteiger partial charge is 0.268 e. The van der Waals surface area contributed by atoms with Crippen LogP contribution in [-0.2, 0) is 22.6 Å². The summed E-state index contributed by atoms with van der Waals surface area (Å²) in [5, 5.41) is 14.9. The summed E-state index contributed by atoms with van der Waals surface area (Å²) in [5.74, 6) is 6.43. The minimum Gasteiger partial charge on any atom is -0.393 e. The molecule has 0 saturated heterocycles. The lowest BCUT2D eigenvalue weighted by Gasteiger charge is -2.14. The van der Waals surface area contributed by atoms with Gasteiger partial charge in [0, 0.05) is 38.2 Å². The lowest BCUT2D eigenvalue weighted by Crippen LogP contribution is -2.34. The van der Waals surface area contributed by atoms with E-state index in [1.54, 1.807) is 29.3 Å². The number of nitrogens with one attached hydrogen (secondary N) is 2. The maximum absolute atomic E-state index is 12.1. The highest BCUT2D eigenvalue weighted by atomic mass is 16.2. The number of hydrogen-bond acceptors (Lipinski definition) is 8.